The standard InChI is InChI=1S/C19H27N3O4.ClH/c1-25-16-6-5-14(12-15(16)22-9-3-2-4-17(22)23)21-18(24)19(13-20)7-10-26-11-8-19;/h5-6,12H,2-4,7-11,13,20H2,1H3,(H,21,24);1H. The molecule has 2 saturated heterocycles. The monoisotopic (exact) mass is 397 g/mol. The lowest BCUT2D eigenvalue weighted by atomic mass is 9.79. The van der Waals surface area contributed by atoms with Gasteiger partial charge < -0.3 is 25.4 Å². The molecule has 8 heteroatoms. The van der Waals surface area contributed by atoms with Crippen LogP contribution in [0, 0.1) is 5.41 Å². The number of rotatable bonds is 5. The lowest BCUT2D eigenvalue weighted by molar-refractivity contribution is -0.130. The second-order valence-electron chi connectivity index (χ2n) is 6.94. The van der Waals surface area contributed by atoms with Crippen LogP contribution in [-0.4, -0.2) is 45.2 Å². The number of carbonyl (C=O) groups excluding carboxylic acids is 2. The number of amides is 2. The summed E-state index contributed by atoms with van der Waals surface area (Å²) in [6.45, 7) is 2.04. The van der Waals surface area contributed by atoms with Crippen LogP contribution in [0.5, 0.6) is 5.75 Å². The van der Waals surface area contributed by atoms with Crippen molar-refractivity contribution in [1.29, 1.82) is 0 Å². The Kier molecular flexibility index (Phi) is 7.47. The number of hydrogen-bond donors (Lipinski definition) is 2. The number of hydrogen-bond acceptors (Lipinski definition) is 5. The van der Waals surface area contributed by atoms with Crippen molar-refractivity contribution in [2.24, 2.45) is 11.1 Å². The third kappa shape index (κ3) is 4.54. The van der Waals surface area contributed by atoms with E-state index >= 15 is 0 Å². The summed E-state index contributed by atoms with van der Waals surface area (Å²) in [5.74, 6) is 0.614. The van der Waals surface area contributed by atoms with E-state index in [1.54, 1.807) is 24.1 Å². The summed E-state index contributed by atoms with van der Waals surface area (Å²) in [5, 5.41) is 2.98. The Bertz CT molecular complexity index is 677. The Hall–Kier alpha value is -1.83. The molecule has 1 aromatic rings. The molecule has 27 heavy (non-hydrogen) atoms. The number of methoxy groups -OCH3 is 1. The number of ether oxygens (including phenoxy) is 2. The summed E-state index contributed by atoms with van der Waals surface area (Å²) < 4.78 is 10.8. The van der Waals surface area contributed by atoms with E-state index < -0.39 is 5.41 Å². The van der Waals surface area contributed by atoms with Gasteiger partial charge in [-0.2, -0.15) is 0 Å². The highest BCUT2D eigenvalue weighted by atomic mass is 35.5. The first kappa shape index (κ1) is 21.5. The number of halogens is 1. The molecule has 0 bridgehead atoms. The second kappa shape index (κ2) is 9.39. The maximum Gasteiger partial charge on any atom is 0.232 e. The smallest absolute Gasteiger partial charge is 0.232 e. The van der Waals surface area contributed by atoms with Crippen LogP contribution >= 0.6 is 12.4 Å². The molecule has 2 fully saturated rings. The van der Waals surface area contributed by atoms with E-state index in [1.165, 1.54) is 0 Å². The number of nitrogens with two attached hydrogens (primary N) is 1. The Morgan fingerprint density at radius 2 is 2.07 bits per heavy atom. The second-order valence-corrected chi connectivity index (χ2v) is 6.94. The van der Waals surface area contributed by atoms with Crippen LogP contribution in [0.4, 0.5) is 11.4 Å². The summed E-state index contributed by atoms with van der Waals surface area (Å²) in [6, 6.07) is 5.38. The van der Waals surface area contributed by atoms with Gasteiger partial charge in [0, 0.05) is 38.4 Å². The van der Waals surface area contributed by atoms with Gasteiger partial charge in [-0.3, -0.25) is 9.59 Å². The number of carbonyl (C=O) groups is 2. The maximum atomic E-state index is 12.9. The van der Waals surface area contributed by atoms with Crippen molar-refractivity contribution < 1.29 is 19.1 Å². The first-order valence-electron chi connectivity index (χ1n) is 9.17. The normalized spacial score (nSPS) is 19.2. The predicted octanol–water partition coefficient (Wildman–Crippen LogP) is 2.33. The van der Waals surface area contributed by atoms with Crippen molar-refractivity contribution in [3.8, 4) is 5.75 Å². The molecule has 2 aliphatic rings. The van der Waals surface area contributed by atoms with Gasteiger partial charge in [0.05, 0.1) is 18.2 Å². The van der Waals surface area contributed by atoms with Crippen LogP contribution in [0.25, 0.3) is 0 Å². The van der Waals surface area contributed by atoms with Crippen molar-refractivity contribution >= 4 is 35.6 Å². The van der Waals surface area contributed by atoms with Crippen LogP contribution < -0.4 is 20.7 Å². The zero-order valence-electron chi connectivity index (χ0n) is 15.7. The van der Waals surface area contributed by atoms with Gasteiger partial charge in [-0.15, -0.1) is 12.4 Å². The first-order valence-corrected chi connectivity index (χ1v) is 9.17. The molecule has 1 aromatic carbocycles. The number of benzene rings is 1. The molecule has 150 valence electrons. The molecule has 0 atom stereocenters. The fourth-order valence-electron chi connectivity index (χ4n) is 3.59. The topological polar surface area (TPSA) is 93.9 Å². The molecule has 2 amide bonds. The minimum absolute atomic E-state index is 0. The Balaban J connectivity index is 0.00000261. The Morgan fingerprint density at radius 1 is 1.33 bits per heavy atom. The summed E-state index contributed by atoms with van der Waals surface area (Å²) in [6.07, 6.45) is 3.64. The molecule has 3 rings (SSSR count). The van der Waals surface area contributed by atoms with E-state index in [2.05, 4.69) is 5.32 Å². The lowest BCUT2D eigenvalue weighted by Crippen LogP contribution is -2.46. The number of nitrogens with one attached hydrogen (secondary N) is 1. The molecule has 0 saturated carbocycles. The quantitative estimate of drug-likeness (QED) is 0.795. The third-order valence-electron chi connectivity index (χ3n) is 5.37. The molecule has 0 unspecified atom stereocenters. The zero-order valence-corrected chi connectivity index (χ0v) is 16.5. The lowest BCUT2D eigenvalue weighted by Gasteiger charge is -2.34. The van der Waals surface area contributed by atoms with Crippen molar-refractivity contribution in [2.75, 3.05) is 43.6 Å². The third-order valence-corrected chi connectivity index (χ3v) is 5.37. The van der Waals surface area contributed by atoms with Crippen molar-refractivity contribution in [2.45, 2.75) is 32.1 Å². The molecule has 0 aromatic heterocycles. The van der Waals surface area contributed by atoms with Crippen LogP contribution in [-0.2, 0) is 14.3 Å². The van der Waals surface area contributed by atoms with Gasteiger partial charge in [-0.1, -0.05) is 0 Å². The van der Waals surface area contributed by atoms with Crippen molar-refractivity contribution in [3.05, 3.63) is 18.2 Å². The van der Waals surface area contributed by atoms with E-state index in [-0.39, 0.29) is 30.8 Å². The molecular formula is C19H28ClN3O4. The van der Waals surface area contributed by atoms with Crippen LogP contribution in [0.15, 0.2) is 18.2 Å². The molecular weight excluding hydrogens is 370 g/mol. The Labute approximate surface area is 166 Å². The Morgan fingerprint density at radius 3 is 2.70 bits per heavy atom. The zero-order chi connectivity index (χ0) is 18.6. The summed E-state index contributed by atoms with van der Waals surface area (Å²) in [5.41, 5.74) is 6.66. The van der Waals surface area contributed by atoms with Crippen LogP contribution in [0.1, 0.15) is 32.1 Å². The van der Waals surface area contributed by atoms with Gasteiger partial charge >= 0.3 is 0 Å². The summed E-state index contributed by atoms with van der Waals surface area (Å²) in [7, 11) is 1.58. The minimum Gasteiger partial charge on any atom is -0.495 e. The van der Waals surface area contributed by atoms with Gasteiger partial charge in [0.25, 0.3) is 0 Å². The fourth-order valence-corrected chi connectivity index (χ4v) is 3.59. The average molecular weight is 398 g/mol. The highest BCUT2D eigenvalue weighted by Gasteiger charge is 2.39. The summed E-state index contributed by atoms with van der Waals surface area (Å²) in [4.78, 5) is 26.9. The average Bonchev–Trinajstić information content (AvgIpc) is 2.68. The molecule has 0 radical (unpaired) electrons. The number of piperidine rings is 1. The van der Waals surface area contributed by atoms with Crippen LogP contribution in [0.3, 0.4) is 0 Å². The van der Waals surface area contributed by atoms with E-state index in [0.29, 0.717) is 56.1 Å². The van der Waals surface area contributed by atoms with Gasteiger partial charge in [0.2, 0.25) is 11.8 Å². The van der Waals surface area contributed by atoms with Gasteiger partial charge in [0.1, 0.15) is 5.75 Å². The van der Waals surface area contributed by atoms with E-state index in [0.717, 1.165) is 12.8 Å². The van der Waals surface area contributed by atoms with E-state index in [9.17, 15) is 9.59 Å². The van der Waals surface area contributed by atoms with Crippen LogP contribution in [0.2, 0.25) is 0 Å². The molecule has 2 aliphatic heterocycles. The fraction of sp³-hybridized carbons (Fsp3) is 0.579. The van der Waals surface area contributed by atoms with Crippen molar-refractivity contribution in [1.82, 2.24) is 0 Å². The molecule has 7 nitrogen and oxygen atoms in total. The van der Waals surface area contributed by atoms with Crippen molar-refractivity contribution in [3.63, 3.8) is 0 Å². The first-order chi connectivity index (χ1) is 12.6. The van der Waals surface area contributed by atoms with Gasteiger partial charge in [-0.05, 0) is 43.9 Å². The molecule has 0 aliphatic carbocycles. The maximum absolute atomic E-state index is 12.9. The van der Waals surface area contributed by atoms with Gasteiger partial charge in [0.15, 0.2) is 0 Å². The largest absolute Gasteiger partial charge is 0.495 e. The SMILES string of the molecule is COc1ccc(NC(=O)C2(CN)CCOCC2)cc1N1CCCCC1=O.Cl. The molecule has 2 heterocycles. The highest BCUT2D eigenvalue weighted by molar-refractivity contribution is 5.99. The summed E-state index contributed by atoms with van der Waals surface area (Å²) >= 11 is 0. The predicted molar refractivity (Wildman–Crippen MR) is 107 cm³/mol. The van der Waals surface area contributed by atoms with Gasteiger partial charge in [-0.25, -0.2) is 0 Å². The number of anilines is 2. The minimum atomic E-state index is -0.598. The highest BCUT2D eigenvalue weighted by Crippen LogP contribution is 2.35. The molecule has 0 spiro atoms. The molecule has 3 N–H and O–H groups in total. The van der Waals surface area contributed by atoms with E-state index in [1.807, 2.05) is 6.07 Å². The number of nitrogens with zero attached hydrogens (tertiary/aromatic N) is 1. The van der Waals surface area contributed by atoms with E-state index in [4.69, 9.17) is 15.2 Å².